The molecule has 30 heavy (non-hydrogen) atoms. The molecule has 1 saturated heterocycles. The third kappa shape index (κ3) is 4.63. The number of nitrogens with one attached hydrogen (secondary N) is 1. The van der Waals surface area contributed by atoms with E-state index in [0.29, 0.717) is 29.4 Å². The second kappa shape index (κ2) is 9.01. The van der Waals surface area contributed by atoms with Gasteiger partial charge >= 0.3 is 6.03 Å². The lowest BCUT2D eigenvalue weighted by Crippen LogP contribution is -2.49. The van der Waals surface area contributed by atoms with Gasteiger partial charge in [-0.1, -0.05) is 54.1 Å². The summed E-state index contributed by atoms with van der Waals surface area (Å²) in [6.07, 6.45) is 0.873. The van der Waals surface area contributed by atoms with Gasteiger partial charge in [-0.25, -0.2) is 4.79 Å². The van der Waals surface area contributed by atoms with Crippen molar-refractivity contribution in [1.29, 1.82) is 0 Å². The highest BCUT2D eigenvalue weighted by atomic mass is 35.5. The van der Waals surface area contributed by atoms with Gasteiger partial charge < -0.3 is 10.2 Å². The van der Waals surface area contributed by atoms with Crippen LogP contribution in [0.3, 0.4) is 0 Å². The van der Waals surface area contributed by atoms with Gasteiger partial charge in [-0.2, -0.15) is 0 Å². The Morgan fingerprint density at radius 2 is 1.73 bits per heavy atom. The van der Waals surface area contributed by atoms with Crippen LogP contribution in [-0.2, 0) is 6.54 Å². The number of carbonyl (C=O) groups is 2. The monoisotopic (exact) mass is 419 g/mol. The van der Waals surface area contributed by atoms with E-state index in [2.05, 4.69) is 5.32 Å². The van der Waals surface area contributed by atoms with E-state index in [1.807, 2.05) is 41.3 Å². The standard InChI is InChI=1S/C24H22ClN3O2/c25-20-10-5-11-21(16-20)26-23(29)19-9-4-12-22(15-19)28-14-6-13-27(24(28)30)17-18-7-2-1-3-8-18/h1-5,7-12,15-16H,6,13-14,17H2,(H,26,29). The average Bonchev–Trinajstić information content (AvgIpc) is 2.76. The van der Waals surface area contributed by atoms with Crippen LogP contribution >= 0.6 is 11.6 Å². The molecule has 3 aromatic carbocycles. The molecule has 1 fully saturated rings. The second-order valence-corrected chi connectivity index (χ2v) is 7.65. The Morgan fingerprint density at radius 3 is 2.53 bits per heavy atom. The van der Waals surface area contributed by atoms with Gasteiger partial charge in [0.1, 0.15) is 0 Å². The minimum Gasteiger partial charge on any atom is -0.322 e. The van der Waals surface area contributed by atoms with Crippen molar-refractivity contribution >= 4 is 34.9 Å². The van der Waals surface area contributed by atoms with Crippen LogP contribution in [-0.4, -0.2) is 29.9 Å². The summed E-state index contributed by atoms with van der Waals surface area (Å²) in [4.78, 5) is 29.3. The van der Waals surface area contributed by atoms with E-state index in [9.17, 15) is 9.59 Å². The predicted octanol–water partition coefficient (Wildman–Crippen LogP) is 5.42. The summed E-state index contributed by atoms with van der Waals surface area (Å²) in [5.74, 6) is -0.246. The summed E-state index contributed by atoms with van der Waals surface area (Å²) in [7, 11) is 0. The molecular formula is C24H22ClN3O2. The number of hydrogen-bond acceptors (Lipinski definition) is 2. The molecule has 0 aliphatic carbocycles. The number of amides is 3. The molecule has 0 bridgehead atoms. The van der Waals surface area contributed by atoms with Crippen LogP contribution in [0.4, 0.5) is 16.2 Å². The van der Waals surface area contributed by atoms with E-state index in [1.54, 1.807) is 47.4 Å². The molecule has 0 unspecified atom stereocenters. The number of carbonyl (C=O) groups excluding carboxylic acids is 2. The molecule has 6 heteroatoms. The Bertz CT molecular complexity index is 1060. The summed E-state index contributed by atoms with van der Waals surface area (Å²) in [6.45, 7) is 1.92. The van der Waals surface area contributed by atoms with Crippen molar-refractivity contribution in [1.82, 2.24) is 4.90 Å². The Balaban J connectivity index is 1.49. The maximum atomic E-state index is 13.1. The predicted molar refractivity (Wildman–Crippen MR) is 120 cm³/mol. The highest BCUT2D eigenvalue weighted by molar-refractivity contribution is 6.31. The maximum Gasteiger partial charge on any atom is 0.324 e. The third-order valence-corrected chi connectivity index (χ3v) is 5.27. The quantitative estimate of drug-likeness (QED) is 0.599. The van der Waals surface area contributed by atoms with Crippen LogP contribution in [0.5, 0.6) is 0 Å². The Labute approximate surface area is 180 Å². The molecule has 0 aromatic heterocycles. The fourth-order valence-electron chi connectivity index (χ4n) is 3.56. The molecular weight excluding hydrogens is 398 g/mol. The lowest BCUT2D eigenvalue weighted by Gasteiger charge is -2.35. The van der Waals surface area contributed by atoms with Crippen LogP contribution < -0.4 is 10.2 Å². The van der Waals surface area contributed by atoms with Crippen molar-refractivity contribution in [3.05, 3.63) is 95.0 Å². The summed E-state index contributed by atoms with van der Waals surface area (Å²) in [5, 5.41) is 3.40. The van der Waals surface area contributed by atoms with E-state index in [-0.39, 0.29) is 11.9 Å². The van der Waals surface area contributed by atoms with Gasteiger partial charge in [0.15, 0.2) is 0 Å². The molecule has 0 spiro atoms. The number of rotatable bonds is 5. The first-order chi connectivity index (χ1) is 14.6. The first-order valence-corrected chi connectivity index (χ1v) is 10.3. The van der Waals surface area contributed by atoms with Crippen molar-refractivity contribution in [3.8, 4) is 0 Å². The molecule has 4 rings (SSSR count). The SMILES string of the molecule is O=C(Nc1cccc(Cl)c1)c1cccc(N2CCCN(Cc3ccccc3)C2=O)c1. The zero-order valence-electron chi connectivity index (χ0n) is 16.4. The summed E-state index contributed by atoms with van der Waals surface area (Å²) in [5.41, 5.74) is 2.93. The average molecular weight is 420 g/mol. The van der Waals surface area contributed by atoms with Crippen LogP contribution in [0.25, 0.3) is 0 Å². The van der Waals surface area contributed by atoms with Crippen LogP contribution in [0.15, 0.2) is 78.9 Å². The molecule has 1 aliphatic heterocycles. The minimum atomic E-state index is -0.246. The van der Waals surface area contributed by atoms with Gasteiger partial charge in [0, 0.05) is 41.6 Å². The smallest absolute Gasteiger partial charge is 0.322 e. The van der Waals surface area contributed by atoms with Gasteiger partial charge in [0.2, 0.25) is 0 Å². The largest absolute Gasteiger partial charge is 0.324 e. The molecule has 1 heterocycles. The topological polar surface area (TPSA) is 52.7 Å². The zero-order chi connectivity index (χ0) is 20.9. The van der Waals surface area contributed by atoms with E-state index < -0.39 is 0 Å². The van der Waals surface area contributed by atoms with Crippen molar-refractivity contribution in [2.45, 2.75) is 13.0 Å². The third-order valence-electron chi connectivity index (χ3n) is 5.03. The van der Waals surface area contributed by atoms with Gasteiger partial charge in [0.05, 0.1) is 0 Å². The number of halogens is 1. The van der Waals surface area contributed by atoms with Crippen molar-refractivity contribution < 1.29 is 9.59 Å². The highest BCUT2D eigenvalue weighted by Crippen LogP contribution is 2.23. The lowest BCUT2D eigenvalue weighted by molar-refractivity contribution is 0.102. The number of hydrogen-bond donors (Lipinski definition) is 1. The number of benzene rings is 3. The second-order valence-electron chi connectivity index (χ2n) is 7.21. The van der Waals surface area contributed by atoms with Crippen molar-refractivity contribution in [3.63, 3.8) is 0 Å². The molecule has 0 atom stereocenters. The van der Waals surface area contributed by atoms with Gasteiger partial charge in [0.25, 0.3) is 5.91 Å². The van der Waals surface area contributed by atoms with E-state index in [1.165, 1.54) is 0 Å². The van der Waals surface area contributed by atoms with Crippen LogP contribution in [0.1, 0.15) is 22.3 Å². The van der Waals surface area contributed by atoms with E-state index >= 15 is 0 Å². The molecule has 5 nitrogen and oxygen atoms in total. The lowest BCUT2D eigenvalue weighted by atomic mass is 10.1. The number of urea groups is 1. The van der Waals surface area contributed by atoms with Crippen molar-refractivity contribution in [2.24, 2.45) is 0 Å². The van der Waals surface area contributed by atoms with Gasteiger partial charge in [-0.3, -0.25) is 9.69 Å². The molecule has 1 N–H and O–H groups in total. The number of nitrogens with zero attached hydrogens (tertiary/aromatic N) is 2. The summed E-state index contributed by atoms with van der Waals surface area (Å²) in [6, 6.07) is 24.1. The van der Waals surface area contributed by atoms with Crippen LogP contribution in [0, 0.1) is 0 Å². The Kier molecular flexibility index (Phi) is 6.00. The molecule has 1 aliphatic rings. The van der Waals surface area contributed by atoms with Gasteiger partial charge in [-0.05, 0) is 48.4 Å². The molecule has 3 aromatic rings. The summed E-state index contributed by atoms with van der Waals surface area (Å²) < 4.78 is 0. The molecule has 3 amide bonds. The normalized spacial score (nSPS) is 14.0. The van der Waals surface area contributed by atoms with Crippen molar-refractivity contribution in [2.75, 3.05) is 23.3 Å². The van der Waals surface area contributed by atoms with E-state index in [0.717, 1.165) is 24.2 Å². The Hall–Kier alpha value is -3.31. The Morgan fingerprint density at radius 1 is 0.933 bits per heavy atom. The highest BCUT2D eigenvalue weighted by Gasteiger charge is 2.27. The minimum absolute atomic E-state index is 0.0440. The first kappa shape index (κ1) is 20.0. The summed E-state index contributed by atoms with van der Waals surface area (Å²) >= 11 is 5.99. The fraction of sp³-hybridized carbons (Fsp3) is 0.167. The zero-order valence-corrected chi connectivity index (χ0v) is 17.2. The number of anilines is 2. The first-order valence-electron chi connectivity index (χ1n) is 9.87. The molecule has 0 saturated carbocycles. The van der Waals surface area contributed by atoms with Crippen LogP contribution in [0.2, 0.25) is 5.02 Å². The maximum absolute atomic E-state index is 13.1. The fourth-order valence-corrected chi connectivity index (χ4v) is 3.75. The van der Waals surface area contributed by atoms with E-state index in [4.69, 9.17) is 11.6 Å². The molecule has 152 valence electrons. The molecule has 0 radical (unpaired) electrons. The van der Waals surface area contributed by atoms with Gasteiger partial charge in [-0.15, -0.1) is 0 Å².